The highest BCUT2D eigenvalue weighted by Crippen LogP contribution is 2.23. The predicted octanol–water partition coefficient (Wildman–Crippen LogP) is 3.84. The lowest BCUT2D eigenvalue weighted by Crippen LogP contribution is -2.03. The standard InChI is InChI=1S/C14H14BrNOS/c15-14-7-6-13(18-14)9-12(17)5-4-10-2-1-3-11(16)8-10/h1-3,6-8H,4-5,9,16H2. The summed E-state index contributed by atoms with van der Waals surface area (Å²) in [7, 11) is 0. The minimum Gasteiger partial charge on any atom is -0.399 e. The molecule has 2 aromatic rings. The molecular formula is C14H14BrNOS. The number of benzene rings is 1. The SMILES string of the molecule is Nc1cccc(CCC(=O)Cc2ccc(Br)s2)c1. The first-order chi connectivity index (χ1) is 8.63. The lowest BCUT2D eigenvalue weighted by molar-refractivity contribution is -0.118. The van der Waals surface area contributed by atoms with E-state index in [0.29, 0.717) is 12.8 Å². The van der Waals surface area contributed by atoms with E-state index in [-0.39, 0.29) is 5.78 Å². The number of aryl methyl sites for hydroxylation is 1. The molecule has 0 saturated carbocycles. The van der Waals surface area contributed by atoms with Gasteiger partial charge in [-0.25, -0.2) is 0 Å². The van der Waals surface area contributed by atoms with Gasteiger partial charge in [-0.3, -0.25) is 4.79 Å². The number of Topliss-reactive ketones (excluding diaryl/α,β-unsaturated/α-hetero) is 1. The predicted molar refractivity (Wildman–Crippen MR) is 79.9 cm³/mol. The van der Waals surface area contributed by atoms with Crippen molar-refractivity contribution in [2.24, 2.45) is 0 Å². The molecule has 2 nitrogen and oxygen atoms in total. The summed E-state index contributed by atoms with van der Waals surface area (Å²) in [6, 6.07) is 11.7. The van der Waals surface area contributed by atoms with Gasteiger partial charge in [0, 0.05) is 23.4 Å². The van der Waals surface area contributed by atoms with Crippen molar-refractivity contribution < 1.29 is 4.79 Å². The zero-order valence-electron chi connectivity index (χ0n) is 9.86. The van der Waals surface area contributed by atoms with Crippen LogP contribution in [0.1, 0.15) is 16.9 Å². The second-order valence-corrected chi connectivity index (χ2v) is 6.71. The van der Waals surface area contributed by atoms with Gasteiger partial charge < -0.3 is 5.73 Å². The summed E-state index contributed by atoms with van der Waals surface area (Å²) in [4.78, 5) is 13.0. The van der Waals surface area contributed by atoms with Gasteiger partial charge in [-0.15, -0.1) is 11.3 Å². The van der Waals surface area contributed by atoms with Gasteiger partial charge in [0.05, 0.1) is 3.79 Å². The van der Waals surface area contributed by atoms with Crippen LogP contribution in [0.5, 0.6) is 0 Å². The highest BCUT2D eigenvalue weighted by Gasteiger charge is 2.06. The second-order valence-electron chi connectivity index (χ2n) is 4.17. The maximum atomic E-state index is 11.8. The van der Waals surface area contributed by atoms with Crippen LogP contribution in [0, 0.1) is 0 Å². The second kappa shape index (κ2) is 6.16. The Morgan fingerprint density at radius 3 is 2.78 bits per heavy atom. The van der Waals surface area contributed by atoms with Gasteiger partial charge in [0.2, 0.25) is 0 Å². The quantitative estimate of drug-likeness (QED) is 0.849. The Labute approximate surface area is 119 Å². The molecule has 0 fully saturated rings. The Kier molecular flexibility index (Phi) is 4.55. The first kappa shape index (κ1) is 13.3. The fourth-order valence-corrected chi connectivity index (χ4v) is 3.27. The van der Waals surface area contributed by atoms with Gasteiger partial charge in [0.25, 0.3) is 0 Å². The van der Waals surface area contributed by atoms with Gasteiger partial charge in [0.15, 0.2) is 0 Å². The molecule has 0 aliphatic heterocycles. The molecule has 4 heteroatoms. The summed E-state index contributed by atoms with van der Waals surface area (Å²) >= 11 is 5.02. The van der Waals surface area contributed by atoms with Crippen LogP contribution in [-0.4, -0.2) is 5.78 Å². The van der Waals surface area contributed by atoms with Crippen LogP contribution < -0.4 is 5.73 Å². The lowest BCUT2D eigenvalue weighted by atomic mass is 10.1. The molecular weight excluding hydrogens is 310 g/mol. The summed E-state index contributed by atoms with van der Waals surface area (Å²) in [5, 5.41) is 0. The topological polar surface area (TPSA) is 43.1 Å². The highest BCUT2D eigenvalue weighted by molar-refractivity contribution is 9.11. The van der Waals surface area contributed by atoms with Gasteiger partial charge in [0.1, 0.15) is 5.78 Å². The molecule has 2 rings (SSSR count). The average molecular weight is 324 g/mol. The number of carbonyl (C=O) groups is 1. The number of nitrogens with two attached hydrogens (primary N) is 1. The molecule has 0 radical (unpaired) electrons. The molecule has 0 amide bonds. The van der Waals surface area contributed by atoms with Crippen LogP contribution in [-0.2, 0) is 17.6 Å². The Balaban J connectivity index is 1.85. The molecule has 18 heavy (non-hydrogen) atoms. The normalized spacial score (nSPS) is 10.5. The van der Waals surface area contributed by atoms with Gasteiger partial charge in [-0.05, 0) is 52.2 Å². The fraction of sp³-hybridized carbons (Fsp3) is 0.214. The zero-order valence-corrected chi connectivity index (χ0v) is 12.3. The number of anilines is 1. The van der Waals surface area contributed by atoms with E-state index in [1.54, 1.807) is 11.3 Å². The summed E-state index contributed by atoms with van der Waals surface area (Å²) in [6.45, 7) is 0. The van der Waals surface area contributed by atoms with E-state index in [1.165, 1.54) is 0 Å². The Hall–Kier alpha value is -1.13. The van der Waals surface area contributed by atoms with E-state index < -0.39 is 0 Å². The number of hydrogen-bond acceptors (Lipinski definition) is 3. The van der Waals surface area contributed by atoms with Crippen LogP contribution in [0.4, 0.5) is 5.69 Å². The van der Waals surface area contributed by atoms with Crippen molar-refractivity contribution in [1.29, 1.82) is 0 Å². The molecule has 1 aromatic heterocycles. The van der Waals surface area contributed by atoms with Crippen molar-refractivity contribution in [3.05, 3.63) is 50.6 Å². The molecule has 0 spiro atoms. The highest BCUT2D eigenvalue weighted by atomic mass is 79.9. The Morgan fingerprint density at radius 1 is 1.28 bits per heavy atom. The summed E-state index contributed by atoms with van der Waals surface area (Å²) in [5.74, 6) is 0.270. The minimum atomic E-state index is 0.270. The van der Waals surface area contributed by atoms with Crippen molar-refractivity contribution in [1.82, 2.24) is 0 Å². The molecule has 0 unspecified atom stereocenters. The van der Waals surface area contributed by atoms with E-state index in [4.69, 9.17) is 5.73 Å². The van der Waals surface area contributed by atoms with Crippen LogP contribution in [0.2, 0.25) is 0 Å². The third kappa shape index (κ3) is 3.96. The van der Waals surface area contributed by atoms with Crippen molar-refractivity contribution in [2.75, 3.05) is 5.73 Å². The summed E-state index contributed by atoms with van der Waals surface area (Å²) in [5.41, 5.74) is 7.58. The van der Waals surface area contributed by atoms with E-state index in [1.807, 2.05) is 36.4 Å². The number of halogens is 1. The van der Waals surface area contributed by atoms with Crippen molar-refractivity contribution >= 4 is 38.7 Å². The number of ketones is 1. The third-order valence-electron chi connectivity index (χ3n) is 2.64. The maximum absolute atomic E-state index is 11.8. The van der Waals surface area contributed by atoms with Crippen LogP contribution >= 0.6 is 27.3 Å². The minimum absolute atomic E-state index is 0.270. The third-order valence-corrected chi connectivity index (χ3v) is 4.27. The van der Waals surface area contributed by atoms with E-state index in [9.17, 15) is 4.79 Å². The Bertz CT molecular complexity index is 550. The van der Waals surface area contributed by atoms with E-state index in [0.717, 1.165) is 26.3 Å². The first-order valence-corrected chi connectivity index (χ1v) is 7.35. The number of carbonyl (C=O) groups excluding carboxylic acids is 1. The Morgan fingerprint density at radius 2 is 2.11 bits per heavy atom. The van der Waals surface area contributed by atoms with Crippen molar-refractivity contribution in [2.45, 2.75) is 19.3 Å². The molecule has 1 aromatic carbocycles. The van der Waals surface area contributed by atoms with Gasteiger partial charge >= 0.3 is 0 Å². The van der Waals surface area contributed by atoms with Gasteiger partial charge in [-0.2, -0.15) is 0 Å². The number of nitrogen functional groups attached to an aromatic ring is 1. The maximum Gasteiger partial charge on any atom is 0.138 e. The van der Waals surface area contributed by atoms with E-state index >= 15 is 0 Å². The first-order valence-electron chi connectivity index (χ1n) is 5.74. The molecule has 2 N–H and O–H groups in total. The molecule has 1 heterocycles. The molecule has 0 aliphatic carbocycles. The molecule has 94 valence electrons. The molecule has 0 saturated heterocycles. The lowest BCUT2D eigenvalue weighted by Gasteiger charge is -2.02. The summed E-state index contributed by atoms with van der Waals surface area (Å²) < 4.78 is 1.07. The fourth-order valence-electron chi connectivity index (χ4n) is 1.76. The van der Waals surface area contributed by atoms with Gasteiger partial charge in [-0.1, -0.05) is 12.1 Å². The zero-order chi connectivity index (χ0) is 13.0. The average Bonchev–Trinajstić information content (AvgIpc) is 2.72. The summed E-state index contributed by atoms with van der Waals surface area (Å²) in [6.07, 6.45) is 1.86. The number of thiophene rings is 1. The van der Waals surface area contributed by atoms with Crippen LogP contribution in [0.25, 0.3) is 0 Å². The smallest absolute Gasteiger partial charge is 0.138 e. The van der Waals surface area contributed by atoms with Crippen molar-refractivity contribution in [3.8, 4) is 0 Å². The molecule has 0 aliphatic rings. The van der Waals surface area contributed by atoms with E-state index in [2.05, 4.69) is 15.9 Å². The molecule has 0 atom stereocenters. The largest absolute Gasteiger partial charge is 0.399 e. The molecule has 0 bridgehead atoms. The number of hydrogen-bond donors (Lipinski definition) is 1. The number of rotatable bonds is 5. The van der Waals surface area contributed by atoms with Crippen LogP contribution in [0.3, 0.4) is 0 Å². The van der Waals surface area contributed by atoms with Crippen LogP contribution in [0.15, 0.2) is 40.2 Å². The van der Waals surface area contributed by atoms with Crippen molar-refractivity contribution in [3.63, 3.8) is 0 Å². The monoisotopic (exact) mass is 323 g/mol.